The van der Waals surface area contributed by atoms with E-state index in [4.69, 9.17) is 16.3 Å². The summed E-state index contributed by atoms with van der Waals surface area (Å²) in [5.74, 6) is -0.459. The number of carbonyl (C=O) groups is 3. The molecule has 2 aromatic rings. The number of esters is 1. The van der Waals surface area contributed by atoms with E-state index < -0.39 is 0 Å². The Morgan fingerprint density at radius 3 is 2.47 bits per heavy atom. The Balaban J connectivity index is 1.63. The van der Waals surface area contributed by atoms with Crippen LogP contribution in [0.15, 0.2) is 43.0 Å². The molecule has 1 aliphatic rings. The molecule has 1 saturated carbocycles. The van der Waals surface area contributed by atoms with E-state index in [1.807, 2.05) is 31.2 Å². The highest BCUT2D eigenvalue weighted by Gasteiger charge is 2.31. The highest BCUT2D eigenvalue weighted by atomic mass is 35.5. The van der Waals surface area contributed by atoms with Crippen LogP contribution < -0.4 is 10.6 Å². The molecule has 34 heavy (non-hydrogen) atoms. The monoisotopic (exact) mass is 482 g/mol. The molecule has 0 spiro atoms. The lowest BCUT2D eigenvalue weighted by atomic mass is 9.81. The number of ether oxygens (including phenoxy) is 1. The highest BCUT2D eigenvalue weighted by Crippen LogP contribution is 2.31. The number of anilines is 1. The van der Waals surface area contributed by atoms with Crippen molar-refractivity contribution in [3.8, 4) is 0 Å². The van der Waals surface area contributed by atoms with Gasteiger partial charge in [0.15, 0.2) is 6.29 Å². The Morgan fingerprint density at radius 1 is 1.12 bits per heavy atom. The van der Waals surface area contributed by atoms with Crippen LogP contribution in [0.1, 0.15) is 59.7 Å². The molecular weight excluding hydrogens is 452 g/mol. The summed E-state index contributed by atoms with van der Waals surface area (Å²) in [7, 11) is 0. The minimum atomic E-state index is -0.161. The summed E-state index contributed by atoms with van der Waals surface area (Å²) < 4.78 is 5.12. The molecule has 180 valence electrons. The lowest BCUT2D eigenvalue weighted by Gasteiger charge is -2.27. The van der Waals surface area contributed by atoms with Crippen molar-refractivity contribution in [1.82, 2.24) is 5.32 Å². The zero-order valence-corrected chi connectivity index (χ0v) is 20.4. The number of aldehydes is 1. The molecule has 3 rings (SSSR count). The van der Waals surface area contributed by atoms with E-state index in [0.717, 1.165) is 23.0 Å². The molecular formula is C27H31ClN2O4. The predicted octanol–water partition coefficient (Wildman–Crippen LogP) is 5.53. The van der Waals surface area contributed by atoms with Gasteiger partial charge < -0.3 is 15.4 Å². The van der Waals surface area contributed by atoms with Gasteiger partial charge in [0.1, 0.15) is 0 Å². The molecule has 6 nitrogen and oxygen atoms in total. The van der Waals surface area contributed by atoms with E-state index in [0.29, 0.717) is 60.8 Å². The van der Waals surface area contributed by atoms with Crippen LogP contribution in [0.3, 0.4) is 0 Å². The van der Waals surface area contributed by atoms with Gasteiger partial charge in [0.2, 0.25) is 5.91 Å². The van der Waals surface area contributed by atoms with Crippen molar-refractivity contribution in [2.45, 2.75) is 46.1 Å². The fourth-order valence-corrected chi connectivity index (χ4v) is 4.43. The number of carbonyl (C=O) groups excluding carboxylic acids is 3. The predicted molar refractivity (Wildman–Crippen MR) is 135 cm³/mol. The van der Waals surface area contributed by atoms with Gasteiger partial charge >= 0.3 is 5.97 Å². The minimum Gasteiger partial charge on any atom is -0.466 e. The summed E-state index contributed by atoms with van der Waals surface area (Å²) in [5, 5.41) is 6.75. The third-order valence-corrected chi connectivity index (χ3v) is 6.50. The van der Waals surface area contributed by atoms with Gasteiger partial charge in [-0.2, -0.15) is 0 Å². The number of hydrogen-bond acceptors (Lipinski definition) is 5. The number of halogens is 1. The Morgan fingerprint density at radius 2 is 1.82 bits per heavy atom. The van der Waals surface area contributed by atoms with Crippen molar-refractivity contribution in [1.29, 1.82) is 0 Å². The second-order valence-corrected chi connectivity index (χ2v) is 9.05. The van der Waals surface area contributed by atoms with E-state index in [9.17, 15) is 14.4 Å². The summed E-state index contributed by atoms with van der Waals surface area (Å²) in [6.07, 6.45) is 3.37. The Hall–Kier alpha value is -3.12. The summed E-state index contributed by atoms with van der Waals surface area (Å²) in [6, 6.07) is 11.1. The molecule has 1 amide bonds. The summed E-state index contributed by atoms with van der Waals surface area (Å²) >= 11 is 6.13. The Bertz CT molecular complexity index is 1070. The van der Waals surface area contributed by atoms with Crippen LogP contribution in [0.25, 0.3) is 5.70 Å². The highest BCUT2D eigenvalue weighted by molar-refractivity contribution is 6.33. The molecule has 0 aliphatic heterocycles. The average Bonchev–Trinajstić information content (AvgIpc) is 2.84. The maximum atomic E-state index is 13.0. The third-order valence-electron chi connectivity index (χ3n) is 6.17. The molecule has 0 bridgehead atoms. The molecule has 0 unspecified atom stereocenters. The van der Waals surface area contributed by atoms with Crippen LogP contribution in [0.5, 0.6) is 0 Å². The van der Waals surface area contributed by atoms with Crippen molar-refractivity contribution >= 4 is 41.1 Å². The SMILES string of the molecule is C=C(NCc1ccc(C=O)c(Cl)c1)c1cc(C)ccc1NC(=O)C1CCC(C(=O)OCC)CC1. The molecule has 7 heteroatoms. The van der Waals surface area contributed by atoms with E-state index in [-0.39, 0.29) is 23.7 Å². The molecule has 0 aromatic heterocycles. The molecule has 1 fully saturated rings. The van der Waals surface area contributed by atoms with Gasteiger partial charge in [-0.3, -0.25) is 14.4 Å². The second-order valence-electron chi connectivity index (χ2n) is 8.64. The first kappa shape index (κ1) is 25.5. The zero-order chi connectivity index (χ0) is 24.7. The van der Waals surface area contributed by atoms with Gasteiger partial charge in [-0.25, -0.2) is 0 Å². The van der Waals surface area contributed by atoms with Crippen molar-refractivity contribution in [2.75, 3.05) is 11.9 Å². The Kier molecular flexibility index (Phi) is 8.88. The van der Waals surface area contributed by atoms with E-state index in [2.05, 4.69) is 17.2 Å². The Labute approximate surface area is 205 Å². The first-order valence-corrected chi connectivity index (χ1v) is 11.9. The second kappa shape index (κ2) is 11.8. The summed E-state index contributed by atoms with van der Waals surface area (Å²) in [5.41, 5.74) is 4.57. The number of hydrogen-bond donors (Lipinski definition) is 2. The largest absolute Gasteiger partial charge is 0.466 e. The van der Waals surface area contributed by atoms with E-state index in [1.54, 1.807) is 19.1 Å². The molecule has 0 saturated heterocycles. The van der Waals surface area contributed by atoms with Crippen molar-refractivity contribution < 1.29 is 19.1 Å². The molecule has 0 heterocycles. The average molecular weight is 483 g/mol. The third kappa shape index (κ3) is 6.48. The summed E-state index contributed by atoms with van der Waals surface area (Å²) in [6.45, 7) is 8.80. The fourth-order valence-electron chi connectivity index (χ4n) is 4.18. The van der Waals surface area contributed by atoms with Crippen LogP contribution in [0, 0.1) is 18.8 Å². The van der Waals surface area contributed by atoms with Crippen molar-refractivity contribution in [2.24, 2.45) is 11.8 Å². The number of nitrogens with one attached hydrogen (secondary N) is 2. The van der Waals surface area contributed by atoms with Crippen molar-refractivity contribution in [3.63, 3.8) is 0 Å². The van der Waals surface area contributed by atoms with Crippen LogP contribution in [-0.4, -0.2) is 24.8 Å². The summed E-state index contributed by atoms with van der Waals surface area (Å²) in [4.78, 5) is 35.9. The lowest BCUT2D eigenvalue weighted by molar-refractivity contribution is -0.150. The molecule has 1 aliphatic carbocycles. The standard InChI is InChI=1S/C27H31ClN2O4/c1-4-34-27(33)21-10-8-20(9-11-21)26(32)30-25-12-5-17(2)13-23(25)18(3)29-15-19-6-7-22(16-31)24(28)14-19/h5-7,12-14,16,20-21,29H,3-4,8-11,15H2,1-2H3,(H,30,32). The topological polar surface area (TPSA) is 84.5 Å². The maximum absolute atomic E-state index is 13.0. The fraction of sp³-hybridized carbons (Fsp3) is 0.370. The minimum absolute atomic E-state index is 0.0450. The maximum Gasteiger partial charge on any atom is 0.308 e. The van der Waals surface area contributed by atoms with Crippen LogP contribution in [0.2, 0.25) is 5.02 Å². The quantitative estimate of drug-likeness (QED) is 0.362. The van der Waals surface area contributed by atoms with Gasteiger partial charge in [0.25, 0.3) is 0 Å². The van der Waals surface area contributed by atoms with E-state index >= 15 is 0 Å². The first-order valence-electron chi connectivity index (χ1n) is 11.6. The molecule has 2 N–H and O–H groups in total. The van der Waals surface area contributed by atoms with Gasteiger partial charge in [-0.15, -0.1) is 0 Å². The number of rotatable bonds is 9. The number of amides is 1. The van der Waals surface area contributed by atoms with Crippen LogP contribution >= 0.6 is 11.6 Å². The molecule has 0 radical (unpaired) electrons. The van der Waals surface area contributed by atoms with Crippen molar-refractivity contribution in [3.05, 3.63) is 70.3 Å². The van der Waals surface area contributed by atoms with Crippen LogP contribution in [-0.2, 0) is 20.9 Å². The molecule has 0 atom stereocenters. The lowest BCUT2D eigenvalue weighted by Crippen LogP contribution is -2.30. The van der Waals surface area contributed by atoms with Gasteiger partial charge in [-0.05, 0) is 69.4 Å². The van der Waals surface area contributed by atoms with Crippen LogP contribution in [0.4, 0.5) is 5.69 Å². The smallest absolute Gasteiger partial charge is 0.308 e. The first-order chi connectivity index (χ1) is 16.3. The number of aryl methyl sites for hydroxylation is 1. The molecule has 2 aromatic carbocycles. The van der Waals surface area contributed by atoms with Gasteiger partial charge in [-0.1, -0.05) is 35.9 Å². The zero-order valence-electron chi connectivity index (χ0n) is 19.7. The van der Waals surface area contributed by atoms with E-state index in [1.165, 1.54) is 0 Å². The van der Waals surface area contributed by atoms with Gasteiger partial charge in [0.05, 0.1) is 23.2 Å². The van der Waals surface area contributed by atoms with Gasteiger partial charge in [0, 0.05) is 29.3 Å². The normalized spacial score (nSPS) is 17.5. The number of benzene rings is 2.